The van der Waals surface area contributed by atoms with Gasteiger partial charge >= 0.3 is 0 Å². The molecular formula is C17H26ClNO2. The highest BCUT2D eigenvalue weighted by Crippen LogP contribution is 2.26. The first-order chi connectivity index (χ1) is 9.86. The van der Waals surface area contributed by atoms with Crippen molar-refractivity contribution >= 4 is 17.5 Å². The summed E-state index contributed by atoms with van der Waals surface area (Å²) < 4.78 is 0. The molecule has 0 aliphatic rings. The van der Waals surface area contributed by atoms with Crippen LogP contribution in [0.1, 0.15) is 45.6 Å². The van der Waals surface area contributed by atoms with Crippen LogP contribution < -0.4 is 5.32 Å². The summed E-state index contributed by atoms with van der Waals surface area (Å²) >= 11 is 5.91. The highest BCUT2D eigenvalue weighted by atomic mass is 35.5. The first-order valence-corrected chi connectivity index (χ1v) is 7.91. The molecule has 0 saturated carbocycles. The third-order valence-corrected chi connectivity index (χ3v) is 4.00. The summed E-state index contributed by atoms with van der Waals surface area (Å²) in [6, 6.07) is 7.43. The van der Waals surface area contributed by atoms with Crippen LogP contribution in [0.25, 0.3) is 0 Å². The molecule has 2 N–H and O–H groups in total. The number of aliphatic hydroxyl groups is 1. The molecule has 118 valence electrons. The summed E-state index contributed by atoms with van der Waals surface area (Å²) in [6.45, 7) is 8.25. The van der Waals surface area contributed by atoms with Gasteiger partial charge in [-0.2, -0.15) is 0 Å². The topological polar surface area (TPSA) is 49.3 Å². The minimum Gasteiger partial charge on any atom is -0.396 e. The van der Waals surface area contributed by atoms with E-state index in [0.717, 1.165) is 5.56 Å². The maximum Gasteiger partial charge on any atom is 0.228 e. The van der Waals surface area contributed by atoms with Crippen LogP contribution in [0.15, 0.2) is 24.3 Å². The lowest BCUT2D eigenvalue weighted by Crippen LogP contribution is -2.42. The molecule has 3 nitrogen and oxygen atoms in total. The number of nitrogens with one attached hydrogen (secondary N) is 1. The van der Waals surface area contributed by atoms with Crippen LogP contribution in [0, 0.1) is 11.8 Å². The molecule has 4 heteroatoms. The highest BCUT2D eigenvalue weighted by molar-refractivity contribution is 6.30. The van der Waals surface area contributed by atoms with Crippen LogP contribution in [0.2, 0.25) is 5.02 Å². The number of carbonyl (C=O) groups excluding carboxylic acids is 1. The van der Waals surface area contributed by atoms with Crippen molar-refractivity contribution in [1.82, 2.24) is 5.32 Å². The molecule has 0 aliphatic carbocycles. The number of rotatable bonds is 7. The normalized spacial score (nSPS) is 14.3. The van der Waals surface area contributed by atoms with Gasteiger partial charge in [-0.3, -0.25) is 4.79 Å². The van der Waals surface area contributed by atoms with Gasteiger partial charge in [0.05, 0.1) is 5.92 Å². The minimum atomic E-state index is -0.206. The van der Waals surface area contributed by atoms with Crippen molar-refractivity contribution in [1.29, 1.82) is 0 Å². The monoisotopic (exact) mass is 311 g/mol. The maximum atomic E-state index is 12.6. The Labute approximate surface area is 132 Å². The molecule has 21 heavy (non-hydrogen) atoms. The van der Waals surface area contributed by atoms with Crippen LogP contribution in [0.4, 0.5) is 0 Å². The zero-order chi connectivity index (χ0) is 16.0. The van der Waals surface area contributed by atoms with Crippen LogP contribution >= 0.6 is 11.6 Å². The third-order valence-electron chi connectivity index (χ3n) is 3.75. The van der Waals surface area contributed by atoms with Crippen LogP contribution in [-0.4, -0.2) is 23.7 Å². The van der Waals surface area contributed by atoms with E-state index in [9.17, 15) is 4.79 Å². The van der Waals surface area contributed by atoms with Gasteiger partial charge in [0.2, 0.25) is 5.91 Å². The van der Waals surface area contributed by atoms with E-state index in [1.165, 1.54) is 0 Å². The second kappa shape index (κ2) is 8.40. The second-order valence-corrected chi connectivity index (χ2v) is 6.58. The predicted molar refractivity (Wildman–Crippen MR) is 87.5 cm³/mol. The zero-order valence-electron chi connectivity index (χ0n) is 13.3. The SMILES string of the molecule is CC(C)C(CCO)NC(=O)C(c1ccc(Cl)cc1)C(C)C. The predicted octanol–water partition coefficient (Wildman–Crippen LogP) is 3.60. The average Bonchev–Trinajstić information content (AvgIpc) is 2.40. The van der Waals surface area contributed by atoms with E-state index in [4.69, 9.17) is 16.7 Å². The van der Waals surface area contributed by atoms with Crippen molar-refractivity contribution in [2.75, 3.05) is 6.61 Å². The largest absolute Gasteiger partial charge is 0.396 e. The van der Waals surface area contributed by atoms with Gasteiger partial charge in [-0.05, 0) is 36.0 Å². The summed E-state index contributed by atoms with van der Waals surface area (Å²) in [5.74, 6) is 0.286. The molecule has 0 aliphatic heterocycles. The number of hydrogen-bond donors (Lipinski definition) is 2. The summed E-state index contributed by atoms with van der Waals surface area (Å²) in [5.41, 5.74) is 0.971. The van der Waals surface area contributed by atoms with Crippen molar-refractivity contribution in [3.05, 3.63) is 34.9 Å². The fourth-order valence-electron chi connectivity index (χ4n) is 2.49. The lowest BCUT2D eigenvalue weighted by atomic mass is 9.87. The fraction of sp³-hybridized carbons (Fsp3) is 0.588. The van der Waals surface area contributed by atoms with E-state index in [1.807, 2.05) is 52.0 Å². The number of halogens is 1. The lowest BCUT2D eigenvalue weighted by Gasteiger charge is -2.27. The first-order valence-electron chi connectivity index (χ1n) is 7.53. The summed E-state index contributed by atoms with van der Waals surface area (Å²) in [6.07, 6.45) is 0.578. The summed E-state index contributed by atoms with van der Waals surface area (Å²) in [7, 11) is 0. The Balaban J connectivity index is 2.90. The summed E-state index contributed by atoms with van der Waals surface area (Å²) in [5, 5.41) is 12.9. The van der Waals surface area contributed by atoms with Gasteiger partial charge in [-0.25, -0.2) is 0 Å². The Kier molecular flexibility index (Phi) is 7.20. The zero-order valence-corrected chi connectivity index (χ0v) is 14.0. The van der Waals surface area contributed by atoms with Gasteiger partial charge in [-0.15, -0.1) is 0 Å². The number of carbonyl (C=O) groups is 1. The van der Waals surface area contributed by atoms with Gasteiger partial charge in [0.1, 0.15) is 0 Å². The Bertz CT molecular complexity index is 443. The van der Waals surface area contributed by atoms with E-state index in [1.54, 1.807) is 0 Å². The first kappa shape index (κ1) is 18.0. The number of aliphatic hydroxyl groups excluding tert-OH is 1. The lowest BCUT2D eigenvalue weighted by molar-refractivity contribution is -0.124. The van der Waals surface area contributed by atoms with Crippen molar-refractivity contribution in [2.24, 2.45) is 11.8 Å². The molecule has 0 bridgehead atoms. The quantitative estimate of drug-likeness (QED) is 0.808. The molecule has 0 saturated heterocycles. The Hall–Kier alpha value is -1.06. The number of benzene rings is 1. The molecule has 2 atom stereocenters. The second-order valence-electron chi connectivity index (χ2n) is 6.14. The van der Waals surface area contributed by atoms with Crippen molar-refractivity contribution in [3.8, 4) is 0 Å². The highest BCUT2D eigenvalue weighted by Gasteiger charge is 2.26. The van der Waals surface area contributed by atoms with Gasteiger partial charge < -0.3 is 10.4 Å². The van der Waals surface area contributed by atoms with E-state index in [2.05, 4.69) is 5.32 Å². The van der Waals surface area contributed by atoms with Crippen molar-refractivity contribution in [3.63, 3.8) is 0 Å². The molecule has 1 aromatic carbocycles. The van der Waals surface area contributed by atoms with Gasteiger partial charge in [0.15, 0.2) is 0 Å². The Morgan fingerprint density at radius 3 is 2.14 bits per heavy atom. The Morgan fingerprint density at radius 2 is 1.71 bits per heavy atom. The standard InChI is InChI=1S/C17H26ClNO2/c1-11(2)15(9-10-20)19-17(21)16(12(3)4)13-5-7-14(18)8-6-13/h5-8,11-12,15-16,20H,9-10H2,1-4H3,(H,19,21). The van der Waals surface area contributed by atoms with Gasteiger partial charge in [0.25, 0.3) is 0 Å². The Morgan fingerprint density at radius 1 is 1.14 bits per heavy atom. The van der Waals surface area contributed by atoms with E-state index in [-0.39, 0.29) is 30.4 Å². The molecular weight excluding hydrogens is 286 g/mol. The van der Waals surface area contributed by atoms with Crippen molar-refractivity contribution in [2.45, 2.75) is 46.1 Å². The maximum absolute atomic E-state index is 12.6. The van der Waals surface area contributed by atoms with Crippen LogP contribution in [0.5, 0.6) is 0 Å². The molecule has 0 spiro atoms. The van der Waals surface area contributed by atoms with E-state index < -0.39 is 0 Å². The molecule has 1 rings (SSSR count). The number of amides is 1. The third kappa shape index (κ3) is 5.33. The molecule has 2 unspecified atom stereocenters. The number of hydrogen-bond acceptors (Lipinski definition) is 2. The van der Waals surface area contributed by atoms with E-state index in [0.29, 0.717) is 17.4 Å². The molecule has 1 amide bonds. The van der Waals surface area contributed by atoms with E-state index >= 15 is 0 Å². The minimum absolute atomic E-state index is 0.00366. The molecule has 0 radical (unpaired) electrons. The van der Waals surface area contributed by atoms with Gasteiger partial charge in [-0.1, -0.05) is 51.4 Å². The van der Waals surface area contributed by atoms with Crippen molar-refractivity contribution < 1.29 is 9.90 Å². The molecule has 0 aromatic heterocycles. The summed E-state index contributed by atoms with van der Waals surface area (Å²) in [4.78, 5) is 12.6. The van der Waals surface area contributed by atoms with Gasteiger partial charge in [0, 0.05) is 17.7 Å². The fourth-order valence-corrected chi connectivity index (χ4v) is 2.62. The molecule has 0 fully saturated rings. The van der Waals surface area contributed by atoms with Crippen LogP contribution in [-0.2, 0) is 4.79 Å². The van der Waals surface area contributed by atoms with Crippen LogP contribution in [0.3, 0.4) is 0 Å². The smallest absolute Gasteiger partial charge is 0.228 e. The molecule has 0 heterocycles. The molecule has 1 aromatic rings. The average molecular weight is 312 g/mol.